The third-order valence-corrected chi connectivity index (χ3v) is 6.50. The van der Waals surface area contributed by atoms with Crippen LogP contribution < -0.4 is 10.6 Å². The number of thiazole rings is 1. The molecule has 1 saturated heterocycles. The Bertz CT molecular complexity index is 1210. The number of nitrogens with zero attached hydrogens (tertiary/aromatic N) is 2. The smallest absolute Gasteiger partial charge is 0.341 e. The number of hydrogen-bond donors (Lipinski definition) is 3. The van der Waals surface area contributed by atoms with Gasteiger partial charge in [-0.3, -0.25) is 24.6 Å². The zero-order valence-electron chi connectivity index (χ0n) is 17.4. The number of carbonyl (C=O) groups is 4. The lowest BCUT2D eigenvalue weighted by atomic mass is 10.2. The average molecular weight is 537 g/mol. The van der Waals surface area contributed by atoms with Crippen LogP contribution in [-0.2, 0) is 19.1 Å². The van der Waals surface area contributed by atoms with Gasteiger partial charge in [0.1, 0.15) is 16.4 Å². The fourth-order valence-electron chi connectivity index (χ4n) is 2.68. The summed E-state index contributed by atoms with van der Waals surface area (Å²) in [7, 11) is 0. The maximum absolute atomic E-state index is 12.8. The summed E-state index contributed by atoms with van der Waals surface area (Å²) in [4.78, 5) is 53.9. The third kappa shape index (κ3) is 6.02. The Morgan fingerprint density at radius 1 is 1.24 bits per heavy atom. The quantitative estimate of drug-likeness (QED) is 0.273. The van der Waals surface area contributed by atoms with Gasteiger partial charge in [-0.15, -0.1) is 11.3 Å². The molecule has 10 nitrogen and oxygen atoms in total. The van der Waals surface area contributed by atoms with E-state index in [4.69, 9.17) is 34.3 Å². The highest BCUT2D eigenvalue weighted by molar-refractivity contribution is 8.26. The second-order valence-corrected chi connectivity index (χ2v) is 9.30. The normalized spacial score (nSPS) is 14.6. The molecule has 1 aromatic heterocycles. The molecule has 2 heterocycles. The minimum Gasteiger partial charge on any atom is -0.480 e. The van der Waals surface area contributed by atoms with Crippen LogP contribution in [0.2, 0.25) is 0 Å². The predicted molar refractivity (Wildman–Crippen MR) is 135 cm³/mol. The second-order valence-electron chi connectivity index (χ2n) is 6.39. The van der Waals surface area contributed by atoms with Gasteiger partial charge in [0.25, 0.3) is 11.8 Å². The van der Waals surface area contributed by atoms with Crippen LogP contribution in [0.25, 0.3) is 5.57 Å². The van der Waals surface area contributed by atoms with Crippen molar-refractivity contribution in [1.29, 1.82) is 0 Å². The van der Waals surface area contributed by atoms with Gasteiger partial charge in [0, 0.05) is 10.9 Å². The first-order valence-electron chi connectivity index (χ1n) is 9.51. The van der Waals surface area contributed by atoms with E-state index in [0.29, 0.717) is 5.56 Å². The van der Waals surface area contributed by atoms with Crippen molar-refractivity contribution in [2.75, 3.05) is 18.5 Å². The first-order chi connectivity index (χ1) is 16.2. The summed E-state index contributed by atoms with van der Waals surface area (Å²) >= 11 is 12.1. The van der Waals surface area contributed by atoms with E-state index >= 15 is 0 Å². The number of benzene rings is 1. The van der Waals surface area contributed by atoms with Gasteiger partial charge < -0.3 is 15.2 Å². The number of amides is 2. The van der Waals surface area contributed by atoms with Gasteiger partial charge in [-0.2, -0.15) is 0 Å². The Labute approximate surface area is 212 Å². The number of nitrogens with one attached hydrogen (secondary N) is 2. The molecule has 1 aliphatic heterocycles. The summed E-state index contributed by atoms with van der Waals surface area (Å²) in [5.74, 6) is -3.20. The van der Waals surface area contributed by atoms with Crippen molar-refractivity contribution in [3.8, 4) is 0 Å². The largest absolute Gasteiger partial charge is 0.480 e. The van der Waals surface area contributed by atoms with E-state index in [1.807, 2.05) is 0 Å². The lowest BCUT2D eigenvalue weighted by Crippen LogP contribution is -2.34. The highest BCUT2D eigenvalue weighted by atomic mass is 32.2. The molecule has 0 bridgehead atoms. The van der Waals surface area contributed by atoms with Gasteiger partial charge in [0.15, 0.2) is 10.2 Å². The van der Waals surface area contributed by atoms with Gasteiger partial charge >= 0.3 is 11.9 Å². The van der Waals surface area contributed by atoms with Crippen molar-refractivity contribution in [1.82, 2.24) is 15.2 Å². The maximum Gasteiger partial charge on any atom is 0.341 e. The number of carboxylic acids is 1. The molecule has 0 atom stereocenters. The van der Waals surface area contributed by atoms with Crippen LogP contribution in [0.4, 0.5) is 5.13 Å². The Balaban J connectivity index is 1.83. The number of thioether (sulfide) groups is 1. The van der Waals surface area contributed by atoms with Crippen LogP contribution in [0.3, 0.4) is 0 Å². The molecular formula is C20H16N4O6S4. The molecule has 0 saturated carbocycles. The van der Waals surface area contributed by atoms with Crippen molar-refractivity contribution in [2.45, 2.75) is 6.92 Å². The molecule has 1 aromatic carbocycles. The SMILES string of the molecule is CCOC(=O)C(=C1SC(=S)N(CC(=O)O)C1=O)c1csc(NC(=S)NC(=O)c2ccccc2)n1. The van der Waals surface area contributed by atoms with Gasteiger partial charge in [0.05, 0.1) is 17.2 Å². The lowest BCUT2D eigenvalue weighted by molar-refractivity contribution is -0.140. The second kappa shape index (κ2) is 11.3. The molecule has 1 aliphatic rings. The molecule has 2 aromatic rings. The zero-order valence-corrected chi connectivity index (χ0v) is 20.7. The minimum atomic E-state index is -1.25. The van der Waals surface area contributed by atoms with E-state index in [-0.39, 0.29) is 37.3 Å². The van der Waals surface area contributed by atoms with Crippen LogP contribution in [0.1, 0.15) is 23.0 Å². The molecule has 2 amide bonds. The molecule has 3 N–H and O–H groups in total. The standard InChI is InChI=1S/C20H16N4O6S4/c1-2-30-17(29)13(14-16(28)24(8-12(25)26)20(32)34-14)11-9-33-19(21-11)23-18(31)22-15(27)10-6-4-3-5-7-10/h3-7,9H,2,8H2,1H3,(H,25,26)(H2,21,22,23,27,31). The van der Waals surface area contributed by atoms with Gasteiger partial charge in [-0.25, -0.2) is 9.78 Å². The molecule has 3 rings (SSSR count). The number of esters is 1. The van der Waals surface area contributed by atoms with E-state index in [0.717, 1.165) is 28.0 Å². The zero-order chi connectivity index (χ0) is 24.8. The molecular weight excluding hydrogens is 521 g/mol. The molecule has 0 unspecified atom stereocenters. The number of carbonyl (C=O) groups excluding carboxylic acids is 3. The first-order valence-corrected chi connectivity index (χ1v) is 12.0. The number of hydrogen-bond acceptors (Lipinski definition) is 10. The van der Waals surface area contributed by atoms with E-state index in [2.05, 4.69) is 15.6 Å². The Kier molecular flexibility index (Phi) is 8.44. The van der Waals surface area contributed by atoms with Crippen molar-refractivity contribution in [3.63, 3.8) is 0 Å². The van der Waals surface area contributed by atoms with Crippen LogP contribution in [0.15, 0.2) is 40.6 Å². The average Bonchev–Trinajstić information content (AvgIpc) is 3.34. The number of anilines is 1. The van der Waals surface area contributed by atoms with E-state index in [9.17, 15) is 19.2 Å². The molecule has 176 valence electrons. The molecule has 34 heavy (non-hydrogen) atoms. The van der Waals surface area contributed by atoms with Crippen LogP contribution in [-0.4, -0.2) is 61.3 Å². The van der Waals surface area contributed by atoms with Crippen molar-refractivity contribution in [2.24, 2.45) is 0 Å². The minimum absolute atomic E-state index is 0.00239. The van der Waals surface area contributed by atoms with Crippen LogP contribution >= 0.6 is 47.5 Å². The highest BCUT2D eigenvalue weighted by Crippen LogP contribution is 2.38. The predicted octanol–water partition coefficient (Wildman–Crippen LogP) is 2.49. The summed E-state index contributed by atoms with van der Waals surface area (Å²) in [6.07, 6.45) is 0. The van der Waals surface area contributed by atoms with Crippen LogP contribution in [0.5, 0.6) is 0 Å². The van der Waals surface area contributed by atoms with Gasteiger partial charge in [0.2, 0.25) is 0 Å². The van der Waals surface area contributed by atoms with E-state index < -0.39 is 30.3 Å². The fraction of sp³-hybridized carbons (Fsp3) is 0.150. The number of ether oxygens (including phenoxy) is 1. The molecule has 0 spiro atoms. The maximum atomic E-state index is 12.8. The number of aliphatic carboxylic acids is 1. The molecule has 1 fully saturated rings. The summed E-state index contributed by atoms with van der Waals surface area (Å²) in [6, 6.07) is 8.47. The summed E-state index contributed by atoms with van der Waals surface area (Å²) in [5.41, 5.74) is 0.383. The summed E-state index contributed by atoms with van der Waals surface area (Å²) in [5, 5.41) is 16.1. The Morgan fingerprint density at radius 3 is 2.59 bits per heavy atom. The van der Waals surface area contributed by atoms with E-state index in [1.54, 1.807) is 37.3 Å². The van der Waals surface area contributed by atoms with Gasteiger partial charge in [-0.05, 0) is 31.3 Å². The fourth-order valence-corrected chi connectivity index (χ4v) is 4.95. The number of aromatic nitrogens is 1. The van der Waals surface area contributed by atoms with Crippen molar-refractivity contribution < 1.29 is 29.0 Å². The monoisotopic (exact) mass is 536 g/mol. The lowest BCUT2D eigenvalue weighted by Gasteiger charge is -2.11. The molecule has 0 aliphatic carbocycles. The Hall–Kier alpha value is -3.20. The van der Waals surface area contributed by atoms with Crippen LogP contribution in [0, 0.1) is 0 Å². The summed E-state index contributed by atoms with van der Waals surface area (Å²) in [6.45, 7) is 1.01. The molecule has 14 heteroatoms. The first kappa shape index (κ1) is 25.4. The number of thiocarbonyl (C=S) groups is 2. The van der Waals surface area contributed by atoms with Gasteiger partial charge in [-0.1, -0.05) is 42.2 Å². The number of carboxylic acid groups (broad SMARTS) is 1. The van der Waals surface area contributed by atoms with E-state index in [1.165, 1.54) is 5.38 Å². The Morgan fingerprint density at radius 2 is 1.94 bits per heavy atom. The molecule has 0 radical (unpaired) electrons. The highest BCUT2D eigenvalue weighted by Gasteiger charge is 2.38. The number of rotatable bonds is 7. The van der Waals surface area contributed by atoms with Crippen molar-refractivity contribution >= 4 is 91.4 Å². The third-order valence-electron chi connectivity index (χ3n) is 4.09. The summed E-state index contributed by atoms with van der Waals surface area (Å²) < 4.78 is 5.09. The van der Waals surface area contributed by atoms with Crippen molar-refractivity contribution in [3.05, 3.63) is 51.9 Å². The topological polar surface area (TPSA) is 138 Å².